The van der Waals surface area contributed by atoms with Crippen LogP contribution in [-0.4, -0.2) is 27.7 Å². The van der Waals surface area contributed by atoms with E-state index in [1.165, 1.54) is 16.8 Å². The van der Waals surface area contributed by atoms with Crippen molar-refractivity contribution in [3.8, 4) is 5.69 Å². The Kier molecular flexibility index (Phi) is 4.53. The van der Waals surface area contributed by atoms with E-state index in [4.69, 9.17) is 0 Å². The number of benzene rings is 2. The van der Waals surface area contributed by atoms with Gasteiger partial charge in [0.2, 0.25) is 0 Å². The number of nitro benzene ring substituents is 1. The molecule has 0 saturated carbocycles. The van der Waals surface area contributed by atoms with Crippen LogP contribution in [0.3, 0.4) is 0 Å². The zero-order valence-electron chi connectivity index (χ0n) is 14.7. The Morgan fingerprint density at radius 2 is 1.81 bits per heavy atom. The van der Waals surface area contributed by atoms with Crippen LogP contribution in [-0.2, 0) is 0 Å². The lowest BCUT2D eigenvalue weighted by Crippen LogP contribution is -2.27. The maximum absolute atomic E-state index is 12.8. The highest BCUT2D eigenvalue weighted by molar-refractivity contribution is 6.04. The molecule has 0 N–H and O–H groups in total. The highest BCUT2D eigenvalue weighted by atomic mass is 16.6. The van der Waals surface area contributed by atoms with Crippen LogP contribution in [0.5, 0.6) is 0 Å². The van der Waals surface area contributed by atoms with Gasteiger partial charge in [-0.1, -0.05) is 12.1 Å². The van der Waals surface area contributed by atoms with Crippen molar-refractivity contribution in [3.05, 3.63) is 81.7 Å². The molecule has 1 amide bonds. The number of carbonyl (C=O) groups excluding carboxylic acids is 1. The molecule has 0 saturated heterocycles. The monoisotopic (exact) mass is 350 g/mol. The first-order chi connectivity index (χ1) is 12.4. The molecular formula is C19H18N4O3. The van der Waals surface area contributed by atoms with Crippen molar-refractivity contribution in [2.75, 3.05) is 11.9 Å². The summed E-state index contributed by atoms with van der Waals surface area (Å²) in [5.41, 5.74) is 3.93. The number of anilines is 1. The largest absolute Gasteiger partial charge is 0.310 e. The number of non-ortho nitro benzene ring substituents is 1. The van der Waals surface area contributed by atoms with Gasteiger partial charge in [0, 0.05) is 31.1 Å². The second kappa shape index (κ2) is 6.79. The van der Waals surface area contributed by atoms with Gasteiger partial charge in [-0.05, 0) is 49.2 Å². The van der Waals surface area contributed by atoms with E-state index in [9.17, 15) is 14.9 Å². The summed E-state index contributed by atoms with van der Waals surface area (Å²) < 4.78 is 1.52. The molecule has 0 fully saturated rings. The molecule has 3 rings (SSSR count). The summed E-state index contributed by atoms with van der Waals surface area (Å²) in [5.74, 6) is -0.223. The molecular weight excluding hydrogens is 332 g/mol. The minimum Gasteiger partial charge on any atom is -0.310 e. The minimum absolute atomic E-state index is 0.00635. The molecule has 132 valence electrons. The number of aryl methyl sites for hydroxylation is 1. The summed E-state index contributed by atoms with van der Waals surface area (Å²) in [7, 11) is 1.72. The Labute approximate surface area is 150 Å². The first-order valence-corrected chi connectivity index (χ1v) is 8.03. The van der Waals surface area contributed by atoms with E-state index in [1.54, 1.807) is 36.3 Å². The molecule has 0 spiro atoms. The van der Waals surface area contributed by atoms with Crippen LogP contribution in [0.25, 0.3) is 5.69 Å². The third kappa shape index (κ3) is 3.19. The fourth-order valence-electron chi connectivity index (χ4n) is 2.69. The Morgan fingerprint density at radius 3 is 2.46 bits per heavy atom. The summed E-state index contributed by atoms with van der Waals surface area (Å²) in [6.45, 7) is 3.98. The van der Waals surface area contributed by atoms with Crippen molar-refractivity contribution in [2.24, 2.45) is 0 Å². The van der Waals surface area contributed by atoms with Crippen molar-refractivity contribution in [3.63, 3.8) is 0 Å². The molecule has 2 aromatic carbocycles. The molecule has 0 radical (unpaired) electrons. The zero-order valence-corrected chi connectivity index (χ0v) is 14.7. The molecule has 0 unspecified atom stereocenters. The molecule has 0 aliphatic rings. The Morgan fingerprint density at radius 1 is 1.12 bits per heavy atom. The average molecular weight is 350 g/mol. The van der Waals surface area contributed by atoms with E-state index in [1.807, 2.05) is 32.0 Å². The average Bonchev–Trinajstić information content (AvgIpc) is 3.13. The highest BCUT2D eigenvalue weighted by Gasteiger charge is 2.18. The van der Waals surface area contributed by atoms with Gasteiger partial charge in [-0.15, -0.1) is 0 Å². The van der Waals surface area contributed by atoms with Crippen molar-refractivity contribution in [2.45, 2.75) is 13.8 Å². The quantitative estimate of drug-likeness (QED) is 0.531. The number of hydrogen-bond acceptors (Lipinski definition) is 4. The number of nitro groups is 1. The first kappa shape index (κ1) is 17.3. The molecule has 0 atom stereocenters. The predicted molar refractivity (Wildman–Crippen MR) is 98.9 cm³/mol. The molecule has 0 aliphatic heterocycles. The van der Waals surface area contributed by atoms with E-state index in [-0.39, 0.29) is 11.6 Å². The maximum Gasteiger partial charge on any atom is 0.278 e. The minimum atomic E-state index is -0.457. The summed E-state index contributed by atoms with van der Waals surface area (Å²) in [6, 6.07) is 13.4. The van der Waals surface area contributed by atoms with E-state index < -0.39 is 4.92 Å². The normalized spacial score (nSPS) is 10.6. The van der Waals surface area contributed by atoms with Crippen LogP contribution >= 0.6 is 0 Å². The molecule has 3 aromatic rings. The Balaban J connectivity index is 1.85. The van der Waals surface area contributed by atoms with E-state index >= 15 is 0 Å². The third-order valence-corrected chi connectivity index (χ3v) is 4.38. The van der Waals surface area contributed by atoms with Crippen molar-refractivity contribution in [1.82, 2.24) is 9.78 Å². The van der Waals surface area contributed by atoms with Crippen LogP contribution in [0.1, 0.15) is 21.6 Å². The molecule has 0 aliphatic carbocycles. The Bertz CT molecular complexity index is 977. The lowest BCUT2D eigenvalue weighted by molar-refractivity contribution is -0.384. The van der Waals surface area contributed by atoms with Gasteiger partial charge in [-0.2, -0.15) is 5.10 Å². The SMILES string of the molecule is Cc1cccc(N(C)C(=O)c2ccn(-c3ccc([N+](=O)[O-])cc3)n2)c1C. The van der Waals surface area contributed by atoms with Crippen LogP contribution in [0, 0.1) is 24.0 Å². The number of rotatable bonds is 4. The third-order valence-electron chi connectivity index (χ3n) is 4.38. The van der Waals surface area contributed by atoms with Crippen LogP contribution < -0.4 is 4.90 Å². The molecule has 1 aromatic heterocycles. The van der Waals surface area contributed by atoms with E-state index in [0.717, 1.165) is 16.8 Å². The van der Waals surface area contributed by atoms with Crippen LogP contribution in [0.4, 0.5) is 11.4 Å². The summed E-state index contributed by atoms with van der Waals surface area (Å²) in [6.07, 6.45) is 1.66. The number of aromatic nitrogens is 2. The highest BCUT2D eigenvalue weighted by Crippen LogP contribution is 2.23. The van der Waals surface area contributed by atoms with Crippen molar-refractivity contribution < 1.29 is 9.72 Å². The smallest absolute Gasteiger partial charge is 0.278 e. The van der Waals surface area contributed by atoms with Gasteiger partial charge in [0.1, 0.15) is 0 Å². The topological polar surface area (TPSA) is 81.3 Å². The van der Waals surface area contributed by atoms with Gasteiger partial charge >= 0.3 is 0 Å². The fraction of sp³-hybridized carbons (Fsp3) is 0.158. The second-order valence-corrected chi connectivity index (χ2v) is 6.00. The predicted octanol–water partition coefficient (Wildman–Crippen LogP) is 3.67. The van der Waals surface area contributed by atoms with Crippen LogP contribution in [0.15, 0.2) is 54.7 Å². The van der Waals surface area contributed by atoms with Gasteiger partial charge in [0.05, 0.1) is 10.6 Å². The van der Waals surface area contributed by atoms with Gasteiger partial charge in [0.25, 0.3) is 11.6 Å². The lowest BCUT2D eigenvalue weighted by atomic mass is 10.1. The molecule has 7 nitrogen and oxygen atoms in total. The maximum atomic E-state index is 12.8. The Hall–Kier alpha value is -3.48. The number of nitrogens with zero attached hydrogens (tertiary/aromatic N) is 4. The molecule has 0 bridgehead atoms. The zero-order chi connectivity index (χ0) is 18.8. The molecule has 1 heterocycles. The van der Waals surface area contributed by atoms with Gasteiger partial charge in [-0.3, -0.25) is 14.9 Å². The number of carbonyl (C=O) groups is 1. The summed E-state index contributed by atoms with van der Waals surface area (Å²) >= 11 is 0. The first-order valence-electron chi connectivity index (χ1n) is 8.03. The summed E-state index contributed by atoms with van der Waals surface area (Å²) in [5, 5.41) is 15.0. The van der Waals surface area contributed by atoms with Crippen LogP contribution in [0.2, 0.25) is 0 Å². The van der Waals surface area contributed by atoms with Gasteiger partial charge in [0.15, 0.2) is 5.69 Å². The van der Waals surface area contributed by atoms with E-state index in [0.29, 0.717) is 11.4 Å². The lowest BCUT2D eigenvalue weighted by Gasteiger charge is -2.19. The van der Waals surface area contributed by atoms with Gasteiger partial charge in [-0.25, -0.2) is 4.68 Å². The van der Waals surface area contributed by atoms with Crippen molar-refractivity contribution in [1.29, 1.82) is 0 Å². The fourth-order valence-corrected chi connectivity index (χ4v) is 2.69. The number of amides is 1. The second-order valence-electron chi connectivity index (χ2n) is 6.00. The van der Waals surface area contributed by atoms with Crippen molar-refractivity contribution >= 4 is 17.3 Å². The standard InChI is InChI=1S/C19H18N4O3/c1-13-5-4-6-18(14(13)2)21(3)19(24)17-11-12-22(20-17)15-7-9-16(10-8-15)23(25)26/h4-12H,1-3H3. The number of hydrogen-bond donors (Lipinski definition) is 0. The molecule has 7 heteroatoms. The molecule has 26 heavy (non-hydrogen) atoms. The summed E-state index contributed by atoms with van der Waals surface area (Å²) in [4.78, 5) is 24.6. The van der Waals surface area contributed by atoms with E-state index in [2.05, 4.69) is 5.10 Å². The van der Waals surface area contributed by atoms with Gasteiger partial charge < -0.3 is 4.90 Å².